The zero-order valence-electron chi connectivity index (χ0n) is 11.5. The van der Waals surface area contributed by atoms with Crippen LogP contribution in [0.4, 0.5) is 8.78 Å². The number of halogens is 2. The van der Waals surface area contributed by atoms with Crippen LogP contribution in [-0.2, 0) is 4.74 Å². The van der Waals surface area contributed by atoms with E-state index in [0.717, 1.165) is 12.6 Å². The van der Waals surface area contributed by atoms with Crippen LogP contribution < -0.4 is 5.32 Å². The van der Waals surface area contributed by atoms with Crippen molar-refractivity contribution in [2.45, 2.75) is 18.9 Å². The summed E-state index contributed by atoms with van der Waals surface area (Å²) in [5.41, 5.74) is 0.251. The van der Waals surface area contributed by atoms with Gasteiger partial charge in [0.2, 0.25) is 11.7 Å². The molecular weight excluding hydrogens is 280 g/mol. The van der Waals surface area contributed by atoms with Crippen LogP contribution in [-0.4, -0.2) is 35.9 Å². The number of rotatable bonds is 4. The SMILES string of the molecule is CCNC1COCC1c1nc(-c2cc(F)cc(F)c2)no1. The van der Waals surface area contributed by atoms with Crippen LogP contribution >= 0.6 is 0 Å². The topological polar surface area (TPSA) is 60.2 Å². The number of hydrogen-bond donors (Lipinski definition) is 1. The van der Waals surface area contributed by atoms with E-state index in [2.05, 4.69) is 15.5 Å². The molecule has 21 heavy (non-hydrogen) atoms. The van der Waals surface area contributed by atoms with Gasteiger partial charge in [-0.25, -0.2) is 8.78 Å². The Morgan fingerprint density at radius 2 is 2.00 bits per heavy atom. The Morgan fingerprint density at radius 3 is 2.71 bits per heavy atom. The number of likely N-dealkylation sites (N-methyl/N-ethyl adjacent to an activating group) is 1. The van der Waals surface area contributed by atoms with E-state index in [9.17, 15) is 8.78 Å². The van der Waals surface area contributed by atoms with Crippen molar-refractivity contribution in [3.8, 4) is 11.4 Å². The number of nitrogens with one attached hydrogen (secondary N) is 1. The van der Waals surface area contributed by atoms with Crippen LogP contribution in [0.3, 0.4) is 0 Å². The molecule has 1 N–H and O–H groups in total. The summed E-state index contributed by atoms with van der Waals surface area (Å²) in [7, 11) is 0. The van der Waals surface area contributed by atoms with Gasteiger partial charge < -0.3 is 14.6 Å². The van der Waals surface area contributed by atoms with E-state index in [1.54, 1.807) is 0 Å². The third-order valence-corrected chi connectivity index (χ3v) is 3.43. The zero-order chi connectivity index (χ0) is 14.8. The van der Waals surface area contributed by atoms with Gasteiger partial charge in [-0.15, -0.1) is 0 Å². The van der Waals surface area contributed by atoms with Crippen LogP contribution in [0.1, 0.15) is 18.7 Å². The van der Waals surface area contributed by atoms with Crippen LogP contribution in [0.5, 0.6) is 0 Å². The number of benzene rings is 1. The van der Waals surface area contributed by atoms with Gasteiger partial charge >= 0.3 is 0 Å². The molecule has 1 aromatic carbocycles. The maximum Gasteiger partial charge on any atom is 0.234 e. The zero-order valence-corrected chi connectivity index (χ0v) is 11.5. The Morgan fingerprint density at radius 1 is 1.24 bits per heavy atom. The average molecular weight is 295 g/mol. The molecule has 1 aromatic heterocycles. The summed E-state index contributed by atoms with van der Waals surface area (Å²) in [5, 5.41) is 7.09. The molecule has 0 spiro atoms. The summed E-state index contributed by atoms with van der Waals surface area (Å²) in [6.07, 6.45) is 0. The first-order valence-electron chi connectivity index (χ1n) is 6.78. The summed E-state index contributed by atoms with van der Waals surface area (Å²) in [4.78, 5) is 4.25. The van der Waals surface area contributed by atoms with Gasteiger partial charge in [0.25, 0.3) is 0 Å². The van der Waals surface area contributed by atoms with Crippen molar-refractivity contribution in [2.75, 3.05) is 19.8 Å². The van der Waals surface area contributed by atoms with Crippen LogP contribution in [0.25, 0.3) is 11.4 Å². The normalized spacial score (nSPS) is 21.9. The lowest BCUT2D eigenvalue weighted by Crippen LogP contribution is -2.34. The number of ether oxygens (including phenoxy) is 1. The lowest BCUT2D eigenvalue weighted by atomic mass is 10.0. The highest BCUT2D eigenvalue weighted by molar-refractivity contribution is 5.54. The Kier molecular flexibility index (Phi) is 3.94. The number of hydrogen-bond acceptors (Lipinski definition) is 5. The average Bonchev–Trinajstić information content (AvgIpc) is 3.06. The molecule has 2 atom stereocenters. The van der Waals surface area contributed by atoms with E-state index in [4.69, 9.17) is 9.26 Å². The van der Waals surface area contributed by atoms with Gasteiger partial charge in [0.1, 0.15) is 11.6 Å². The molecule has 0 radical (unpaired) electrons. The molecular formula is C14H15F2N3O2. The Balaban J connectivity index is 1.86. The maximum absolute atomic E-state index is 13.2. The molecule has 1 aliphatic rings. The highest BCUT2D eigenvalue weighted by Gasteiger charge is 2.33. The minimum atomic E-state index is -0.675. The lowest BCUT2D eigenvalue weighted by Gasteiger charge is -2.13. The molecule has 0 saturated carbocycles. The molecule has 0 bridgehead atoms. The minimum absolute atomic E-state index is 0.0513. The van der Waals surface area contributed by atoms with Crippen LogP contribution in [0.15, 0.2) is 22.7 Å². The van der Waals surface area contributed by atoms with Crippen LogP contribution in [0.2, 0.25) is 0 Å². The third-order valence-electron chi connectivity index (χ3n) is 3.43. The van der Waals surface area contributed by atoms with Gasteiger partial charge in [-0.3, -0.25) is 0 Å². The van der Waals surface area contributed by atoms with E-state index in [-0.39, 0.29) is 23.3 Å². The van der Waals surface area contributed by atoms with Crippen molar-refractivity contribution in [3.63, 3.8) is 0 Å². The van der Waals surface area contributed by atoms with Crippen molar-refractivity contribution in [2.24, 2.45) is 0 Å². The third kappa shape index (κ3) is 2.93. The molecule has 0 amide bonds. The Hall–Kier alpha value is -1.86. The predicted octanol–water partition coefficient (Wildman–Crippen LogP) is 2.11. The summed E-state index contributed by atoms with van der Waals surface area (Å²) < 4.78 is 37.1. The van der Waals surface area contributed by atoms with Crippen molar-refractivity contribution >= 4 is 0 Å². The van der Waals surface area contributed by atoms with E-state index < -0.39 is 11.6 Å². The molecule has 1 fully saturated rings. The summed E-state index contributed by atoms with van der Waals surface area (Å²) in [6.45, 7) is 3.87. The first kappa shape index (κ1) is 14.1. The highest BCUT2D eigenvalue weighted by atomic mass is 19.1. The van der Waals surface area contributed by atoms with Gasteiger partial charge in [0, 0.05) is 17.7 Å². The molecule has 2 heterocycles. The Bertz CT molecular complexity index is 612. The van der Waals surface area contributed by atoms with Crippen molar-refractivity contribution in [1.82, 2.24) is 15.5 Å². The summed E-state index contributed by atoms with van der Waals surface area (Å²) >= 11 is 0. The second-order valence-corrected chi connectivity index (χ2v) is 4.92. The minimum Gasteiger partial charge on any atom is -0.379 e. The smallest absolute Gasteiger partial charge is 0.234 e. The van der Waals surface area contributed by atoms with E-state index in [0.29, 0.717) is 19.1 Å². The van der Waals surface area contributed by atoms with Gasteiger partial charge in [0.15, 0.2) is 0 Å². The summed E-state index contributed by atoms with van der Waals surface area (Å²) in [5.74, 6) is -0.814. The molecule has 5 nitrogen and oxygen atoms in total. The molecule has 2 aromatic rings. The molecule has 2 unspecified atom stereocenters. The molecule has 0 aliphatic carbocycles. The fourth-order valence-corrected chi connectivity index (χ4v) is 2.45. The number of aromatic nitrogens is 2. The largest absolute Gasteiger partial charge is 0.379 e. The Labute approximate surface area is 120 Å². The van der Waals surface area contributed by atoms with Gasteiger partial charge in [-0.1, -0.05) is 12.1 Å². The van der Waals surface area contributed by atoms with Gasteiger partial charge in [0.05, 0.1) is 19.1 Å². The van der Waals surface area contributed by atoms with E-state index >= 15 is 0 Å². The van der Waals surface area contributed by atoms with Gasteiger partial charge in [-0.05, 0) is 18.7 Å². The molecule has 1 aliphatic heterocycles. The molecule has 112 valence electrons. The van der Waals surface area contributed by atoms with E-state index in [1.165, 1.54) is 12.1 Å². The van der Waals surface area contributed by atoms with E-state index in [1.807, 2.05) is 6.92 Å². The molecule has 3 rings (SSSR count). The second-order valence-electron chi connectivity index (χ2n) is 4.92. The van der Waals surface area contributed by atoms with Crippen LogP contribution in [0, 0.1) is 11.6 Å². The fraction of sp³-hybridized carbons (Fsp3) is 0.429. The van der Waals surface area contributed by atoms with Crippen molar-refractivity contribution in [3.05, 3.63) is 35.7 Å². The first-order chi connectivity index (χ1) is 10.2. The maximum atomic E-state index is 13.2. The predicted molar refractivity (Wildman–Crippen MR) is 70.7 cm³/mol. The molecule has 1 saturated heterocycles. The quantitative estimate of drug-likeness (QED) is 0.936. The first-order valence-corrected chi connectivity index (χ1v) is 6.78. The molecule has 7 heteroatoms. The highest BCUT2D eigenvalue weighted by Crippen LogP contribution is 2.27. The monoisotopic (exact) mass is 295 g/mol. The van der Waals surface area contributed by atoms with Crippen molar-refractivity contribution in [1.29, 1.82) is 0 Å². The standard InChI is InChI=1S/C14H15F2N3O2/c1-2-17-12-7-20-6-11(12)14-18-13(19-21-14)8-3-9(15)5-10(16)4-8/h3-5,11-12,17H,2,6-7H2,1H3. The number of nitrogens with zero attached hydrogens (tertiary/aromatic N) is 2. The summed E-state index contributed by atoms with van der Waals surface area (Å²) in [6, 6.07) is 3.25. The lowest BCUT2D eigenvalue weighted by molar-refractivity contribution is 0.185. The second kappa shape index (κ2) is 5.87. The van der Waals surface area contributed by atoms with Crippen molar-refractivity contribution < 1.29 is 18.0 Å². The fourth-order valence-electron chi connectivity index (χ4n) is 2.45. The van der Waals surface area contributed by atoms with Gasteiger partial charge in [-0.2, -0.15) is 4.98 Å².